The average molecular weight is 150 g/mol. The number of cyclic esters (lactones) is 1. The minimum atomic E-state index is -0.367. The predicted octanol–water partition coefficient (Wildman–Crippen LogP) is 0.722. The van der Waals surface area contributed by atoms with Crippen molar-refractivity contribution in [1.82, 2.24) is 5.32 Å². The van der Waals surface area contributed by atoms with Gasteiger partial charge in [-0.1, -0.05) is 0 Å². The third-order valence-electron chi connectivity index (χ3n) is 1.33. The number of carbonyl (C=O) groups is 1. The lowest BCUT2D eigenvalue weighted by Gasteiger charge is -2.06. The van der Waals surface area contributed by atoms with E-state index in [0.717, 1.165) is 0 Å². The largest absolute Gasteiger partial charge is 0.444 e. The zero-order chi connectivity index (χ0) is 6.85. The Hall–Kier alpha value is -0.440. The van der Waals surface area contributed by atoms with Gasteiger partial charge in [0.05, 0.1) is 6.04 Å². The molecular formula is C5H8ClNO2. The van der Waals surface area contributed by atoms with Crippen molar-refractivity contribution in [3.05, 3.63) is 0 Å². The van der Waals surface area contributed by atoms with Gasteiger partial charge >= 0.3 is 6.09 Å². The highest BCUT2D eigenvalue weighted by Crippen LogP contribution is 2.08. The summed E-state index contributed by atoms with van der Waals surface area (Å²) in [5, 5.41) is 2.56. The van der Waals surface area contributed by atoms with Gasteiger partial charge in [-0.25, -0.2) is 4.79 Å². The third-order valence-corrected chi connectivity index (χ3v) is 1.66. The first kappa shape index (κ1) is 6.68. The monoisotopic (exact) mass is 149 g/mol. The summed E-state index contributed by atoms with van der Waals surface area (Å²) in [6.45, 7) is 1.81. The Bertz CT molecular complexity index is 128. The molecule has 0 aromatic carbocycles. The second-order valence-corrected chi connectivity index (χ2v) is 2.32. The summed E-state index contributed by atoms with van der Waals surface area (Å²) in [6, 6.07) is -0.0147. The lowest BCUT2D eigenvalue weighted by Crippen LogP contribution is -2.31. The van der Waals surface area contributed by atoms with Crippen LogP contribution < -0.4 is 5.32 Å². The topological polar surface area (TPSA) is 38.3 Å². The molecule has 52 valence electrons. The summed E-state index contributed by atoms with van der Waals surface area (Å²) in [4.78, 5) is 10.4. The molecule has 0 aromatic heterocycles. The van der Waals surface area contributed by atoms with Crippen LogP contribution in [0.15, 0.2) is 0 Å². The summed E-state index contributed by atoms with van der Waals surface area (Å²) in [6.07, 6.45) is -0.455. The SMILES string of the molecule is CC1OC(=O)NC1CCl. The summed E-state index contributed by atoms with van der Waals surface area (Å²) in [5.74, 6) is 0.410. The van der Waals surface area contributed by atoms with E-state index in [9.17, 15) is 4.79 Å². The molecule has 0 aliphatic carbocycles. The molecule has 0 bridgehead atoms. The van der Waals surface area contributed by atoms with Gasteiger partial charge in [-0.15, -0.1) is 11.6 Å². The van der Waals surface area contributed by atoms with E-state index in [2.05, 4.69) is 5.32 Å². The highest BCUT2D eigenvalue weighted by Gasteiger charge is 2.28. The average Bonchev–Trinajstić information content (AvgIpc) is 2.10. The van der Waals surface area contributed by atoms with Crippen LogP contribution >= 0.6 is 11.6 Å². The van der Waals surface area contributed by atoms with Crippen molar-refractivity contribution >= 4 is 17.7 Å². The number of alkyl halides is 1. The standard InChI is InChI=1S/C5H8ClNO2/c1-3-4(2-6)7-5(8)9-3/h3-4H,2H2,1H3,(H,7,8). The molecule has 2 atom stereocenters. The fourth-order valence-corrected chi connectivity index (χ4v) is 1.05. The first-order chi connectivity index (χ1) is 4.24. The summed E-state index contributed by atoms with van der Waals surface area (Å²) in [5.41, 5.74) is 0. The molecule has 0 spiro atoms. The van der Waals surface area contributed by atoms with Crippen molar-refractivity contribution in [2.75, 3.05) is 5.88 Å². The molecule has 1 fully saturated rings. The lowest BCUT2D eigenvalue weighted by atomic mass is 10.2. The van der Waals surface area contributed by atoms with Gasteiger partial charge in [0.2, 0.25) is 0 Å². The van der Waals surface area contributed by atoms with Crippen molar-refractivity contribution in [2.45, 2.75) is 19.1 Å². The summed E-state index contributed by atoms with van der Waals surface area (Å²) in [7, 11) is 0. The van der Waals surface area contributed by atoms with Gasteiger partial charge < -0.3 is 10.1 Å². The van der Waals surface area contributed by atoms with Crippen molar-refractivity contribution < 1.29 is 9.53 Å². The van der Waals surface area contributed by atoms with Gasteiger partial charge in [0.15, 0.2) is 0 Å². The van der Waals surface area contributed by atoms with Gasteiger partial charge in [0.25, 0.3) is 0 Å². The zero-order valence-electron chi connectivity index (χ0n) is 5.06. The Labute approximate surface area is 58.3 Å². The number of alkyl carbamates (subject to hydrolysis) is 1. The van der Waals surface area contributed by atoms with Gasteiger partial charge in [-0.3, -0.25) is 0 Å². The molecule has 4 heteroatoms. The van der Waals surface area contributed by atoms with Crippen LogP contribution in [0.4, 0.5) is 4.79 Å². The quantitative estimate of drug-likeness (QED) is 0.558. The van der Waals surface area contributed by atoms with E-state index in [0.29, 0.717) is 5.88 Å². The predicted molar refractivity (Wildman–Crippen MR) is 33.6 cm³/mol. The maximum absolute atomic E-state index is 10.4. The number of carbonyl (C=O) groups excluding carboxylic acids is 1. The number of halogens is 1. The van der Waals surface area contributed by atoms with Crippen LogP contribution in [-0.2, 0) is 4.74 Å². The van der Waals surface area contributed by atoms with Crippen LogP contribution in [0.2, 0.25) is 0 Å². The second kappa shape index (κ2) is 2.43. The molecule has 3 nitrogen and oxygen atoms in total. The van der Waals surface area contributed by atoms with Crippen molar-refractivity contribution in [3.63, 3.8) is 0 Å². The van der Waals surface area contributed by atoms with Crippen LogP contribution in [0.1, 0.15) is 6.92 Å². The molecule has 0 aromatic rings. The van der Waals surface area contributed by atoms with E-state index in [1.54, 1.807) is 0 Å². The number of ether oxygens (including phenoxy) is 1. The number of amides is 1. The lowest BCUT2D eigenvalue weighted by molar-refractivity contribution is 0.143. The minimum absolute atomic E-state index is 0.0147. The molecule has 0 saturated carbocycles. The Balaban J connectivity index is 2.47. The fourth-order valence-electron chi connectivity index (χ4n) is 0.718. The van der Waals surface area contributed by atoms with Crippen molar-refractivity contribution in [2.24, 2.45) is 0 Å². The van der Waals surface area contributed by atoms with Crippen molar-refractivity contribution in [3.8, 4) is 0 Å². The number of nitrogens with one attached hydrogen (secondary N) is 1. The molecule has 0 radical (unpaired) electrons. The molecule has 9 heavy (non-hydrogen) atoms. The van der Waals surface area contributed by atoms with Crippen molar-refractivity contribution in [1.29, 1.82) is 0 Å². The number of rotatable bonds is 1. The van der Waals surface area contributed by atoms with Crippen LogP contribution in [0.3, 0.4) is 0 Å². The zero-order valence-corrected chi connectivity index (χ0v) is 5.81. The van der Waals surface area contributed by atoms with Gasteiger partial charge in [0, 0.05) is 5.88 Å². The Morgan fingerprint density at radius 2 is 2.56 bits per heavy atom. The fraction of sp³-hybridized carbons (Fsp3) is 0.800. The van der Waals surface area contributed by atoms with E-state index >= 15 is 0 Å². The Kier molecular flexibility index (Phi) is 1.81. The molecule has 1 saturated heterocycles. The van der Waals surface area contributed by atoms with Gasteiger partial charge in [-0.05, 0) is 6.92 Å². The highest BCUT2D eigenvalue weighted by molar-refractivity contribution is 6.18. The molecular weight excluding hydrogens is 142 g/mol. The molecule has 1 aliphatic heterocycles. The maximum Gasteiger partial charge on any atom is 0.407 e. The number of hydrogen-bond acceptors (Lipinski definition) is 2. The molecule has 1 heterocycles. The van der Waals surface area contributed by atoms with E-state index in [-0.39, 0.29) is 18.2 Å². The van der Waals surface area contributed by atoms with Crippen LogP contribution in [0.5, 0.6) is 0 Å². The molecule has 1 amide bonds. The molecule has 2 unspecified atom stereocenters. The molecule has 1 rings (SSSR count). The number of hydrogen-bond donors (Lipinski definition) is 1. The normalized spacial score (nSPS) is 33.8. The molecule has 1 N–H and O–H groups in total. The highest BCUT2D eigenvalue weighted by atomic mass is 35.5. The Morgan fingerprint density at radius 3 is 2.78 bits per heavy atom. The van der Waals surface area contributed by atoms with Crippen LogP contribution in [-0.4, -0.2) is 24.1 Å². The van der Waals surface area contributed by atoms with Crippen LogP contribution in [0, 0.1) is 0 Å². The second-order valence-electron chi connectivity index (χ2n) is 2.02. The smallest absolute Gasteiger partial charge is 0.407 e. The first-order valence-electron chi connectivity index (χ1n) is 2.77. The van der Waals surface area contributed by atoms with Gasteiger partial charge in [-0.2, -0.15) is 0 Å². The minimum Gasteiger partial charge on any atom is -0.444 e. The summed E-state index contributed by atoms with van der Waals surface area (Å²) >= 11 is 5.47. The van der Waals surface area contributed by atoms with E-state index in [1.165, 1.54) is 0 Å². The maximum atomic E-state index is 10.4. The van der Waals surface area contributed by atoms with E-state index in [4.69, 9.17) is 16.3 Å². The van der Waals surface area contributed by atoms with Gasteiger partial charge in [0.1, 0.15) is 6.10 Å². The summed E-state index contributed by atoms with van der Waals surface area (Å²) < 4.78 is 4.73. The Morgan fingerprint density at radius 1 is 1.89 bits per heavy atom. The van der Waals surface area contributed by atoms with E-state index < -0.39 is 0 Å². The third kappa shape index (κ3) is 1.27. The first-order valence-corrected chi connectivity index (χ1v) is 3.30. The van der Waals surface area contributed by atoms with Crippen LogP contribution in [0.25, 0.3) is 0 Å². The molecule has 1 aliphatic rings. The van der Waals surface area contributed by atoms with E-state index in [1.807, 2.05) is 6.92 Å².